The van der Waals surface area contributed by atoms with E-state index < -0.39 is 5.41 Å². The first-order chi connectivity index (χ1) is 20.1. The van der Waals surface area contributed by atoms with Crippen LogP contribution >= 0.6 is 0 Å². The van der Waals surface area contributed by atoms with Crippen molar-refractivity contribution in [3.63, 3.8) is 0 Å². The number of nitrogens with zero attached hydrogens (tertiary/aromatic N) is 5. The first kappa shape index (κ1) is 30.7. The van der Waals surface area contributed by atoms with Crippen LogP contribution in [0, 0.1) is 5.41 Å². The quantitative estimate of drug-likeness (QED) is 0.235. The van der Waals surface area contributed by atoms with Gasteiger partial charge in [-0.3, -0.25) is 24.3 Å². The maximum atomic E-state index is 13.1. The van der Waals surface area contributed by atoms with E-state index in [-0.39, 0.29) is 17.7 Å². The molecular weight excluding hydrogens is 530 g/mol. The van der Waals surface area contributed by atoms with Crippen molar-refractivity contribution in [2.75, 3.05) is 56.7 Å². The Morgan fingerprint density at radius 3 is 2.33 bits per heavy atom. The summed E-state index contributed by atoms with van der Waals surface area (Å²) in [6, 6.07) is 18.9. The number of aromatic nitrogens is 1. The van der Waals surface area contributed by atoms with Gasteiger partial charge in [0.05, 0.1) is 18.0 Å². The van der Waals surface area contributed by atoms with Crippen LogP contribution in [0.25, 0.3) is 0 Å². The Bertz CT molecular complexity index is 1380. The van der Waals surface area contributed by atoms with Crippen molar-refractivity contribution in [3.05, 3.63) is 84.2 Å². The summed E-state index contributed by atoms with van der Waals surface area (Å²) < 4.78 is 6.12. The molecular formula is C33H41N5O4. The summed E-state index contributed by atoms with van der Waals surface area (Å²) in [5.74, 6) is 0.190. The number of likely N-dealkylation sites (N-methyl/N-ethyl adjacent to an activating group) is 1. The highest BCUT2D eigenvalue weighted by Gasteiger charge is 2.45. The number of anilines is 2. The molecule has 0 radical (unpaired) electrons. The van der Waals surface area contributed by atoms with Crippen LogP contribution < -0.4 is 14.5 Å². The summed E-state index contributed by atoms with van der Waals surface area (Å²) in [6.07, 6.45) is 4.34. The lowest BCUT2D eigenvalue weighted by molar-refractivity contribution is -0.137. The Morgan fingerprint density at radius 1 is 0.929 bits per heavy atom. The smallest absolute Gasteiger partial charge is 0.253 e. The van der Waals surface area contributed by atoms with E-state index in [1.54, 1.807) is 48.0 Å². The highest BCUT2D eigenvalue weighted by Crippen LogP contribution is 2.40. The van der Waals surface area contributed by atoms with E-state index in [0.29, 0.717) is 48.9 Å². The minimum absolute atomic E-state index is 0.00109. The average Bonchev–Trinajstić information content (AvgIpc) is 3.06. The Labute approximate surface area is 248 Å². The van der Waals surface area contributed by atoms with Crippen molar-refractivity contribution < 1.29 is 19.1 Å². The molecule has 0 fully saturated rings. The zero-order valence-corrected chi connectivity index (χ0v) is 25.2. The summed E-state index contributed by atoms with van der Waals surface area (Å²) in [7, 11) is 3.53. The van der Waals surface area contributed by atoms with Crippen LogP contribution in [0.15, 0.2) is 73.1 Å². The lowest BCUT2D eigenvalue weighted by Crippen LogP contribution is -2.47. The predicted molar refractivity (Wildman–Crippen MR) is 165 cm³/mol. The van der Waals surface area contributed by atoms with E-state index in [4.69, 9.17) is 4.74 Å². The topological polar surface area (TPSA) is 86.3 Å². The van der Waals surface area contributed by atoms with Gasteiger partial charge in [-0.15, -0.1) is 0 Å². The minimum Gasteiger partial charge on any atom is -0.493 e. The molecule has 0 atom stereocenters. The third-order valence-electron chi connectivity index (χ3n) is 7.70. The first-order valence-electron chi connectivity index (χ1n) is 14.4. The van der Waals surface area contributed by atoms with E-state index in [9.17, 15) is 14.4 Å². The molecule has 0 bridgehead atoms. The fourth-order valence-corrected chi connectivity index (χ4v) is 5.16. The number of carbonyl (C=O) groups excluding carboxylic acids is 3. The summed E-state index contributed by atoms with van der Waals surface area (Å²) in [6.45, 7) is 9.00. The maximum Gasteiger partial charge on any atom is 0.253 e. The standard InChI is InChI=1S/C33H41N5O4/c1-6-38-28-14-13-27(23-29(28)36(5)31(40)33(2,3)32(38)41)42-22-10-19-37(24-25-15-17-34-18-16-25)21-20-35(4)30(39)26-11-8-7-9-12-26/h7-9,11-18,23H,6,10,19-22,24H2,1-5H3. The van der Waals surface area contributed by atoms with Crippen LogP contribution in [-0.4, -0.2) is 79.4 Å². The second-order valence-electron chi connectivity index (χ2n) is 11.1. The van der Waals surface area contributed by atoms with Crippen LogP contribution in [0.3, 0.4) is 0 Å². The Hall–Kier alpha value is -4.24. The second kappa shape index (κ2) is 13.6. The molecule has 0 saturated heterocycles. The number of fused-ring (bicyclic) bond motifs is 1. The number of hydrogen-bond donors (Lipinski definition) is 0. The third kappa shape index (κ3) is 6.97. The summed E-state index contributed by atoms with van der Waals surface area (Å²) in [5, 5.41) is 0. The highest BCUT2D eigenvalue weighted by molar-refractivity contribution is 6.20. The Balaban J connectivity index is 1.39. The van der Waals surface area contributed by atoms with Gasteiger partial charge in [0.2, 0.25) is 11.8 Å². The summed E-state index contributed by atoms with van der Waals surface area (Å²) >= 11 is 0. The van der Waals surface area contributed by atoms with Crippen molar-refractivity contribution in [1.29, 1.82) is 0 Å². The molecule has 3 amide bonds. The summed E-state index contributed by atoms with van der Waals surface area (Å²) in [5.41, 5.74) is 2.04. The van der Waals surface area contributed by atoms with Gasteiger partial charge in [-0.2, -0.15) is 0 Å². The maximum absolute atomic E-state index is 13.1. The molecule has 2 aromatic carbocycles. The first-order valence-corrected chi connectivity index (χ1v) is 14.4. The van der Waals surface area contributed by atoms with Crippen LogP contribution in [0.4, 0.5) is 11.4 Å². The van der Waals surface area contributed by atoms with Gasteiger partial charge in [0.15, 0.2) is 0 Å². The molecule has 0 unspecified atom stereocenters. The molecule has 4 rings (SSSR count). The van der Waals surface area contributed by atoms with Crippen molar-refractivity contribution in [3.8, 4) is 5.75 Å². The fourth-order valence-electron chi connectivity index (χ4n) is 5.16. The van der Waals surface area contributed by atoms with E-state index in [1.165, 1.54) is 0 Å². The second-order valence-corrected chi connectivity index (χ2v) is 11.1. The highest BCUT2D eigenvalue weighted by atomic mass is 16.5. The molecule has 0 saturated carbocycles. The van der Waals surface area contributed by atoms with Gasteiger partial charge in [0.25, 0.3) is 5.91 Å². The number of rotatable bonds is 12. The molecule has 1 aromatic heterocycles. The molecule has 1 aliphatic heterocycles. The molecule has 0 spiro atoms. The van der Waals surface area contributed by atoms with Gasteiger partial charge in [-0.05, 0) is 69.2 Å². The fraction of sp³-hybridized carbons (Fsp3) is 0.394. The van der Waals surface area contributed by atoms with Crippen molar-refractivity contribution in [1.82, 2.24) is 14.8 Å². The van der Waals surface area contributed by atoms with E-state index in [1.807, 2.05) is 74.6 Å². The van der Waals surface area contributed by atoms with E-state index in [2.05, 4.69) is 9.88 Å². The zero-order chi connectivity index (χ0) is 30.3. The molecule has 0 aliphatic carbocycles. The van der Waals surface area contributed by atoms with Crippen molar-refractivity contribution in [2.45, 2.75) is 33.7 Å². The third-order valence-corrected chi connectivity index (χ3v) is 7.70. The Morgan fingerprint density at radius 2 is 1.64 bits per heavy atom. The van der Waals surface area contributed by atoms with Gasteiger partial charge >= 0.3 is 0 Å². The lowest BCUT2D eigenvalue weighted by atomic mass is 9.90. The predicted octanol–water partition coefficient (Wildman–Crippen LogP) is 4.48. The molecule has 1 aliphatic rings. The van der Waals surface area contributed by atoms with Crippen LogP contribution in [0.5, 0.6) is 5.75 Å². The molecule has 9 nitrogen and oxygen atoms in total. The van der Waals surface area contributed by atoms with Crippen LogP contribution in [0.2, 0.25) is 0 Å². The van der Waals surface area contributed by atoms with E-state index >= 15 is 0 Å². The number of benzene rings is 2. The zero-order valence-electron chi connectivity index (χ0n) is 25.2. The van der Waals surface area contributed by atoms with Gasteiger partial charge in [0.1, 0.15) is 11.2 Å². The molecule has 3 aromatic rings. The van der Waals surface area contributed by atoms with Crippen molar-refractivity contribution >= 4 is 29.1 Å². The number of pyridine rings is 1. The molecule has 222 valence electrons. The molecule has 9 heteroatoms. The van der Waals surface area contributed by atoms with Gasteiger partial charge in [-0.1, -0.05) is 18.2 Å². The van der Waals surface area contributed by atoms with Gasteiger partial charge < -0.3 is 19.4 Å². The summed E-state index contributed by atoms with van der Waals surface area (Å²) in [4.78, 5) is 50.5. The SMILES string of the molecule is CCN1C(=O)C(C)(C)C(=O)N(C)c2cc(OCCCN(CCN(C)C(=O)c3ccccc3)Cc3ccncc3)ccc21. The van der Waals surface area contributed by atoms with Crippen LogP contribution in [0.1, 0.15) is 43.1 Å². The van der Waals surface area contributed by atoms with Crippen molar-refractivity contribution in [2.24, 2.45) is 5.41 Å². The molecule has 2 heterocycles. The lowest BCUT2D eigenvalue weighted by Gasteiger charge is -2.27. The number of hydrogen-bond acceptors (Lipinski definition) is 6. The Kier molecular flexibility index (Phi) is 9.96. The largest absolute Gasteiger partial charge is 0.493 e. The molecule has 42 heavy (non-hydrogen) atoms. The molecule has 0 N–H and O–H groups in total. The van der Waals surface area contributed by atoms with E-state index in [0.717, 1.165) is 25.1 Å². The van der Waals surface area contributed by atoms with Gasteiger partial charge in [-0.25, -0.2) is 0 Å². The van der Waals surface area contributed by atoms with Gasteiger partial charge in [0, 0.05) is 70.8 Å². The minimum atomic E-state index is -1.15. The number of ether oxygens (including phenoxy) is 1. The number of amides is 3. The number of carbonyl (C=O) groups is 3. The average molecular weight is 572 g/mol. The van der Waals surface area contributed by atoms with Crippen LogP contribution in [-0.2, 0) is 16.1 Å². The monoisotopic (exact) mass is 571 g/mol. The normalized spacial score (nSPS) is 14.5.